The number of benzene rings is 2. The number of carbonyl (C=O) groups is 2. The van der Waals surface area contributed by atoms with Gasteiger partial charge < -0.3 is 14.8 Å². The summed E-state index contributed by atoms with van der Waals surface area (Å²) in [5.74, 6) is 1.10. The predicted octanol–water partition coefficient (Wildman–Crippen LogP) is 3.70. The van der Waals surface area contributed by atoms with E-state index >= 15 is 0 Å². The van der Waals surface area contributed by atoms with Crippen LogP contribution >= 0.6 is 11.8 Å². The third-order valence-corrected chi connectivity index (χ3v) is 5.98. The van der Waals surface area contributed by atoms with Gasteiger partial charge in [-0.2, -0.15) is 0 Å². The number of hydrogen-bond acceptors (Lipinski definition) is 5. The van der Waals surface area contributed by atoms with Crippen LogP contribution in [-0.2, 0) is 9.59 Å². The van der Waals surface area contributed by atoms with E-state index in [4.69, 9.17) is 9.47 Å². The molecule has 6 nitrogen and oxygen atoms in total. The molecule has 1 unspecified atom stereocenters. The number of para-hydroxylation sites is 2. The fourth-order valence-electron chi connectivity index (χ4n) is 3.38. The van der Waals surface area contributed by atoms with Gasteiger partial charge in [-0.25, -0.2) is 0 Å². The molecule has 0 radical (unpaired) electrons. The molecular formula is C21H22N2O4S. The average molecular weight is 398 g/mol. The quantitative estimate of drug-likeness (QED) is 0.799. The number of nitrogens with zero attached hydrogens (tertiary/aromatic N) is 1. The summed E-state index contributed by atoms with van der Waals surface area (Å²) in [6.07, 6.45) is 0. The van der Waals surface area contributed by atoms with Crippen LogP contribution in [-0.4, -0.2) is 35.8 Å². The van der Waals surface area contributed by atoms with Gasteiger partial charge in [-0.3, -0.25) is 14.5 Å². The molecule has 1 atom stereocenters. The minimum Gasteiger partial charge on any atom is -0.486 e. The van der Waals surface area contributed by atoms with Crippen LogP contribution in [0.2, 0.25) is 0 Å². The summed E-state index contributed by atoms with van der Waals surface area (Å²) in [7, 11) is 0. The maximum Gasteiger partial charge on any atom is 0.250 e. The molecule has 1 N–H and O–H groups in total. The van der Waals surface area contributed by atoms with Crippen molar-refractivity contribution in [2.24, 2.45) is 0 Å². The van der Waals surface area contributed by atoms with Gasteiger partial charge in [0.2, 0.25) is 11.8 Å². The van der Waals surface area contributed by atoms with Crippen LogP contribution in [0.4, 0.5) is 11.4 Å². The Kier molecular flexibility index (Phi) is 4.71. The third-order valence-electron chi connectivity index (χ3n) is 4.90. The Bertz CT molecular complexity index is 944. The molecule has 0 bridgehead atoms. The van der Waals surface area contributed by atoms with Gasteiger partial charge in [-0.1, -0.05) is 12.1 Å². The fraction of sp³-hybridized carbons (Fsp3) is 0.333. The molecule has 2 aromatic rings. The summed E-state index contributed by atoms with van der Waals surface area (Å²) >= 11 is 1.44. The van der Waals surface area contributed by atoms with Gasteiger partial charge >= 0.3 is 0 Å². The second-order valence-electron chi connectivity index (χ2n) is 7.27. The molecule has 4 rings (SSSR count). The topological polar surface area (TPSA) is 67.9 Å². The van der Waals surface area contributed by atoms with E-state index in [2.05, 4.69) is 5.32 Å². The highest BCUT2D eigenvalue weighted by atomic mass is 32.2. The first-order valence-electron chi connectivity index (χ1n) is 9.19. The molecule has 0 spiro atoms. The van der Waals surface area contributed by atoms with E-state index in [9.17, 15) is 9.59 Å². The van der Waals surface area contributed by atoms with Crippen molar-refractivity contribution >= 4 is 35.0 Å². The number of rotatable bonds is 3. The number of amides is 2. The van der Waals surface area contributed by atoms with E-state index in [1.54, 1.807) is 24.8 Å². The molecule has 0 saturated heterocycles. The van der Waals surface area contributed by atoms with Crippen LogP contribution in [0, 0.1) is 0 Å². The minimum atomic E-state index is -0.979. The van der Waals surface area contributed by atoms with E-state index in [1.165, 1.54) is 11.8 Å². The van der Waals surface area contributed by atoms with Crippen molar-refractivity contribution in [3.8, 4) is 11.5 Å². The first-order valence-corrected chi connectivity index (χ1v) is 10.1. The zero-order valence-electron chi connectivity index (χ0n) is 16.0. The summed E-state index contributed by atoms with van der Waals surface area (Å²) in [5.41, 5.74) is 0.385. The molecule has 0 fully saturated rings. The minimum absolute atomic E-state index is 0.118. The lowest BCUT2D eigenvalue weighted by molar-refractivity contribution is -0.126. The van der Waals surface area contributed by atoms with Crippen molar-refractivity contribution in [1.29, 1.82) is 0 Å². The van der Waals surface area contributed by atoms with Crippen LogP contribution in [0.5, 0.6) is 11.5 Å². The van der Waals surface area contributed by atoms with Crippen molar-refractivity contribution in [1.82, 2.24) is 0 Å². The highest BCUT2D eigenvalue weighted by Crippen LogP contribution is 2.40. The van der Waals surface area contributed by atoms with Gasteiger partial charge in [-0.15, -0.1) is 11.8 Å². The van der Waals surface area contributed by atoms with E-state index in [-0.39, 0.29) is 17.1 Å². The second kappa shape index (κ2) is 7.05. The van der Waals surface area contributed by atoms with Crippen LogP contribution in [0.15, 0.2) is 47.4 Å². The highest BCUT2D eigenvalue weighted by Gasteiger charge is 2.44. The Balaban J connectivity index is 1.60. The average Bonchev–Trinajstić information content (AvgIpc) is 2.68. The lowest BCUT2D eigenvalue weighted by atomic mass is 9.96. The Hall–Kier alpha value is -2.67. The van der Waals surface area contributed by atoms with Gasteiger partial charge in [0.15, 0.2) is 11.5 Å². The molecule has 2 aliphatic rings. The number of nitrogens with one attached hydrogen (secondary N) is 1. The molecule has 146 valence electrons. The number of ether oxygens (including phenoxy) is 2. The van der Waals surface area contributed by atoms with Crippen molar-refractivity contribution in [2.75, 3.05) is 23.4 Å². The monoisotopic (exact) mass is 398 g/mol. The molecule has 2 aliphatic heterocycles. The molecule has 2 amide bonds. The molecule has 0 aliphatic carbocycles. The molecule has 2 heterocycles. The number of anilines is 2. The maximum atomic E-state index is 13.4. The first-order chi connectivity index (χ1) is 13.4. The van der Waals surface area contributed by atoms with Gasteiger partial charge in [0, 0.05) is 4.90 Å². The first kappa shape index (κ1) is 18.7. The number of thioether (sulfide) groups is 1. The molecule has 0 saturated carbocycles. The lowest BCUT2D eigenvalue weighted by Gasteiger charge is -2.43. The maximum absolute atomic E-state index is 13.4. The summed E-state index contributed by atoms with van der Waals surface area (Å²) in [6.45, 7) is 6.44. The van der Waals surface area contributed by atoms with Crippen molar-refractivity contribution in [3.05, 3.63) is 42.5 Å². The van der Waals surface area contributed by atoms with E-state index in [1.807, 2.05) is 43.3 Å². The van der Waals surface area contributed by atoms with Gasteiger partial charge in [0.05, 0.1) is 16.6 Å². The van der Waals surface area contributed by atoms with E-state index in [0.717, 1.165) is 10.6 Å². The zero-order valence-corrected chi connectivity index (χ0v) is 16.8. The Morgan fingerprint density at radius 1 is 1.14 bits per heavy atom. The third kappa shape index (κ3) is 3.20. The van der Waals surface area contributed by atoms with Gasteiger partial charge in [0.25, 0.3) is 0 Å². The van der Waals surface area contributed by atoms with Gasteiger partial charge in [-0.05, 0) is 51.1 Å². The summed E-state index contributed by atoms with van der Waals surface area (Å²) in [5, 5.41) is 2.50. The molecular weight excluding hydrogens is 376 g/mol. The van der Waals surface area contributed by atoms with Crippen LogP contribution in [0.25, 0.3) is 0 Å². The van der Waals surface area contributed by atoms with Crippen molar-refractivity contribution < 1.29 is 19.1 Å². The second-order valence-corrected chi connectivity index (χ2v) is 8.68. The highest BCUT2D eigenvalue weighted by molar-refractivity contribution is 8.00. The Morgan fingerprint density at radius 3 is 2.64 bits per heavy atom. The van der Waals surface area contributed by atoms with E-state index in [0.29, 0.717) is 30.3 Å². The molecule has 28 heavy (non-hydrogen) atoms. The SMILES string of the molecule is CC(Sc1ccc2c(c1)OCCO2)C(=O)N1c2ccccc2NC(=O)C1(C)C. The number of carbonyl (C=O) groups excluding carboxylic acids is 2. The summed E-state index contributed by atoms with van der Waals surface area (Å²) in [6, 6.07) is 13.0. The molecule has 2 aromatic carbocycles. The van der Waals surface area contributed by atoms with Gasteiger partial charge in [0.1, 0.15) is 18.8 Å². The van der Waals surface area contributed by atoms with Crippen LogP contribution in [0.1, 0.15) is 20.8 Å². The number of fused-ring (bicyclic) bond motifs is 2. The molecule has 7 heteroatoms. The lowest BCUT2D eigenvalue weighted by Crippen LogP contribution is -2.60. The normalized spacial score (nSPS) is 18.1. The van der Waals surface area contributed by atoms with E-state index < -0.39 is 5.54 Å². The standard InChI is InChI=1S/C21H22N2O4S/c1-13(28-14-8-9-17-18(12-14)27-11-10-26-17)19(24)23-16-7-5-4-6-15(16)22-20(25)21(23,2)3/h4-9,12-13H,10-11H2,1-3H3,(H,22,25). The smallest absolute Gasteiger partial charge is 0.250 e. The Morgan fingerprint density at radius 2 is 1.86 bits per heavy atom. The summed E-state index contributed by atoms with van der Waals surface area (Å²) < 4.78 is 11.2. The van der Waals surface area contributed by atoms with Crippen molar-refractivity contribution in [3.63, 3.8) is 0 Å². The van der Waals surface area contributed by atoms with Crippen LogP contribution in [0.3, 0.4) is 0 Å². The number of hydrogen-bond donors (Lipinski definition) is 1. The van der Waals surface area contributed by atoms with Crippen LogP contribution < -0.4 is 19.7 Å². The Labute approximate surface area is 168 Å². The largest absolute Gasteiger partial charge is 0.486 e. The van der Waals surface area contributed by atoms with Crippen molar-refractivity contribution in [2.45, 2.75) is 36.5 Å². The molecule has 0 aromatic heterocycles. The fourth-order valence-corrected chi connectivity index (χ4v) is 4.32. The zero-order chi connectivity index (χ0) is 19.9. The summed E-state index contributed by atoms with van der Waals surface area (Å²) in [4.78, 5) is 28.5. The predicted molar refractivity (Wildman–Crippen MR) is 109 cm³/mol.